The van der Waals surface area contributed by atoms with Gasteiger partial charge in [0.05, 0.1) is 12.6 Å². The number of aromatic nitrogens is 2. The van der Waals surface area contributed by atoms with Gasteiger partial charge in [-0.15, -0.1) is 0 Å². The van der Waals surface area contributed by atoms with E-state index in [4.69, 9.17) is 9.47 Å². The molecule has 6 nitrogen and oxygen atoms in total. The number of methoxy groups -OCH3 is 1. The summed E-state index contributed by atoms with van der Waals surface area (Å²) < 4.78 is 23.1. The molecule has 3 heterocycles. The van der Waals surface area contributed by atoms with Gasteiger partial charge in [0, 0.05) is 31.1 Å². The molecule has 1 spiro atoms. The molecule has 0 amide bonds. The zero-order valence-electron chi connectivity index (χ0n) is 16.4. The molecular weight excluding hydrogens is 347 g/mol. The van der Waals surface area contributed by atoms with Gasteiger partial charge in [0.15, 0.2) is 11.5 Å². The Kier molecular flexibility index (Phi) is 6.31. The maximum atomic E-state index is 12.7. The molecule has 0 unspecified atom stereocenters. The zero-order chi connectivity index (χ0) is 19.3. The zero-order valence-corrected chi connectivity index (χ0v) is 16.4. The lowest BCUT2D eigenvalue weighted by atomic mass is 9.78. The fourth-order valence-electron chi connectivity index (χ4n) is 4.05. The summed E-state index contributed by atoms with van der Waals surface area (Å²) in [6, 6.07) is 3.56. The van der Waals surface area contributed by atoms with Gasteiger partial charge in [-0.25, -0.2) is 14.4 Å². The number of nitrogens with one attached hydrogen (secondary N) is 1. The number of piperidine rings is 1. The molecule has 0 saturated carbocycles. The number of anilines is 1. The van der Waals surface area contributed by atoms with Crippen LogP contribution in [-0.2, 0) is 0 Å². The number of hydrogen-bond acceptors (Lipinski definition) is 6. The Balaban J connectivity index is 0.00000102. The van der Waals surface area contributed by atoms with Gasteiger partial charge in [0.1, 0.15) is 12.1 Å². The van der Waals surface area contributed by atoms with Gasteiger partial charge in [-0.2, -0.15) is 0 Å². The van der Waals surface area contributed by atoms with Crippen molar-refractivity contribution < 1.29 is 13.9 Å². The quantitative estimate of drug-likeness (QED) is 0.881. The standard InChI is InChI=1S/C18H23FN4O2.C2H6/c1-24-15-9-14-13(8-16(15)25-11-19)17(22-12-21-14)23-6-3-18(4-7-23)2-5-20-10-18;1-2/h8-9,12,20H,2-7,10-11H2,1H3;1-2H3. The maximum absolute atomic E-state index is 12.7. The first-order valence-electron chi connectivity index (χ1n) is 9.72. The number of halogens is 1. The van der Waals surface area contributed by atoms with Gasteiger partial charge < -0.3 is 19.7 Å². The van der Waals surface area contributed by atoms with Crippen LogP contribution in [-0.4, -0.2) is 50.1 Å². The average molecular weight is 376 g/mol. The van der Waals surface area contributed by atoms with Gasteiger partial charge in [0.2, 0.25) is 6.86 Å². The number of rotatable bonds is 4. The summed E-state index contributed by atoms with van der Waals surface area (Å²) in [4.78, 5) is 11.2. The van der Waals surface area contributed by atoms with Crippen LogP contribution in [0, 0.1) is 5.41 Å². The van der Waals surface area contributed by atoms with Crippen LogP contribution in [0.2, 0.25) is 0 Å². The van der Waals surface area contributed by atoms with Crippen LogP contribution >= 0.6 is 0 Å². The molecule has 0 bridgehead atoms. The molecule has 148 valence electrons. The van der Waals surface area contributed by atoms with E-state index in [0.29, 0.717) is 16.9 Å². The van der Waals surface area contributed by atoms with E-state index in [1.54, 1.807) is 18.5 Å². The Morgan fingerprint density at radius 3 is 2.56 bits per heavy atom. The van der Waals surface area contributed by atoms with E-state index in [-0.39, 0.29) is 0 Å². The lowest BCUT2D eigenvalue weighted by Gasteiger charge is -2.39. The first kappa shape index (κ1) is 19.6. The van der Waals surface area contributed by atoms with Crippen molar-refractivity contribution in [2.24, 2.45) is 5.41 Å². The van der Waals surface area contributed by atoms with Gasteiger partial charge in [-0.1, -0.05) is 13.8 Å². The minimum atomic E-state index is -0.899. The number of fused-ring (bicyclic) bond motifs is 1. The molecule has 2 fully saturated rings. The Bertz CT molecular complexity index is 755. The van der Waals surface area contributed by atoms with E-state index in [9.17, 15) is 4.39 Å². The van der Waals surface area contributed by atoms with Gasteiger partial charge in [-0.05, 0) is 37.3 Å². The van der Waals surface area contributed by atoms with Gasteiger partial charge in [-0.3, -0.25) is 0 Å². The molecule has 1 aromatic carbocycles. The fourth-order valence-corrected chi connectivity index (χ4v) is 4.05. The van der Waals surface area contributed by atoms with Crippen LogP contribution in [0.5, 0.6) is 11.5 Å². The number of hydrogen-bond donors (Lipinski definition) is 1. The Morgan fingerprint density at radius 2 is 1.93 bits per heavy atom. The minimum Gasteiger partial charge on any atom is -0.493 e. The molecule has 1 aromatic heterocycles. The summed E-state index contributed by atoms with van der Waals surface area (Å²) in [5, 5.41) is 4.36. The van der Waals surface area contributed by atoms with Crippen molar-refractivity contribution in [3.8, 4) is 11.5 Å². The highest BCUT2D eigenvalue weighted by Gasteiger charge is 2.37. The lowest BCUT2D eigenvalue weighted by Crippen LogP contribution is -2.41. The minimum absolute atomic E-state index is 0.377. The van der Waals surface area contributed by atoms with Crippen molar-refractivity contribution in [2.75, 3.05) is 45.0 Å². The number of ether oxygens (including phenoxy) is 2. The van der Waals surface area contributed by atoms with Crippen LogP contribution in [0.15, 0.2) is 18.5 Å². The van der Waals surface area contributed by atoms with E-state index in [1.165, 1.54) is 13.5 Å². The van der Waals surface area contributed by atoms with Crippen molar-refractivity contribution in [2.45, 2.75) is 33.1 Å². The first-order chi connectivity index (χ1) is 13.2. The van der Waals surface area contributed by atoms with E-state index < -0.39 is 6.86 Å². The largest absolute Gasteiger partial charge is 0.493 e. The molecule has 4 rings (SSSR count). The molecule has 0 aliphatic carbocycles. The van der Waals surface area contributed by atoms with Crippen LogP contribution < -0.4 is 19.7 Å². The highest BCUT2D eigenvalue weighted by atomic mass is 19.1. The monoisotopic (exact) mass is 376 g/mol. The Labute approximate surface area is 160 Å². The molecule has 2 saturated heterocycles. The molecule has 0 atom stereocenters. The summed E-state index contributed by atoms with van der Waals surface area (Å²) in [5.74, 6) is 1.74. The highest BCUT2D eigenvalue weighted by molar-refractivity contribution is 5.92. The number of alkyl halides is 1. The van der Waals surface area contributed by atoms with Crippen molar-refractivity contribution in [1.29, 1.82) is 0 Å². The third-order valence-corrected chi connectivity index (χ3v) is 5.57. The van der Waals surface area contributed by atoms with Gasteiger partial charge >= 0.3 is 0 Å². The Morgan fingerprint density at radius 1 is 1.15 bits per heavy atom. The van der Waals surface area contributed by atoms with E-state index in [2.05, 4.69) is 20.2 Å². The molecule has 27 heavy (non-hydrogen) atoms. The second kappa shape index (κ2) is 8.69. The number of nitrogens with zero attached hydrogens (tertiary/aromatic N) is 3. The molecular formula is C20H29FN4O2. The predicted octanol–water partition coefficient (Wildman–Crippen LogP) is 3.55. The lowest BCUT2D eigenvalue weighted by molar-refractivity contribution is 0.185. The molecule has 7 heteroatoms. The van der Waals surface area contributed by atoms with Crippen LogP contribution in [0.4, 0.5) is 10.2 Å². The van der Waals surface area contributed by atoms with Crippen molar-refractivity contribution in [3.05, 3.63) is 18.5 Å². The van der Waals surface area contributed by atoms with Crippen LogP contribution in [0.1, 0.15) is 33.1 Å². The topological polar surface area (TPSA) is 59.5 Å². The Hall–Kier alpha value is -2.15. The van der Waals surface area contributed by atoms with Crippen LogP contribution in [0.3, 0.4) is 0 Å². The summed E-state index contributed by atoms with van der Waals surface area (Å²) in [5.41, 5.74) is 1.22. The second-order valence-electron chi connectivity index (χ2n) is 6.88. The summed E-state index contributed by atoms with van der Waals surface area (Å²) in [6.45, 7) is 7.29. The SMILES string of the molecule is CC.COc1cc2ncnc(N3CCC4(CCNC4)CC3)c2cc1OCF. The van der Waals surface area contributed by atoms with Crippen molar-refractivity contribution in [3.63, 3.8) is 0 Å². The van der Waals surface area contributed by atoms with Crippen LogP contribution in [0.25, 0.3) is 10.9 Å². The average Bonchev–Trinajstić information content (AvgIpc) is 3.17. The second-order valence-corrected chi connectivity index (χ2v) is 6.88. The van der Waals surface area contributed by atoms with Crippen molar-refractivity contribution in [1.82, 2.24) is 15.3 Å². The van der Waals surface area contributed by atoms with Gasteiger partial charge in [0.25, 0.3) is 0 Å². The third-order valence-electron chi connectivity index (χ3n) is 5.57. The van der Waals surface area contributed by atoms with E-state index in [1.807, 2.05) is 13.8 Å². The fraction of sp³-hybridized carbons (Fsp3) is 0.600. The van der Waals surface area contributed by atoms with E-state index in [0.717, 1.165) is 55.7 Å². The highest BCUT2D eigenvalue weighted by Crippen LogP contribution is 2.40. The van der Waals surface area contributed by atoms with E-state index >= 15 is 0 Å². The number of benzene rings is 1. The maximum Gasteiger partial charge on any atom is 0.228 e. The molecule has 0 radical (unpaired) electrons. The normalized spacial score (nSPS) is 18.3. The van der Waals surface area contributed by atoms with Crippen molar-refractivity contribution >= 4 is 16.7 Å². The predicted molar refractivity (Wildman–Crippen MR) is 105 cm³/mol. The molecule has 1 N–H and O–H groups in total. The molecule has 2 aliphatic heterocycles. The summed E-state index contributed by atoms with van der Waals surface area (Å²) >= 11 is 0. The summed E-state index contributed by atoms with van der Waals surface area (Å²) in [6.07, 6.45) is 5.16. The molecule has 2 aliphatic rings. The first-order valence-corrected chi connectivity index (χ1v) is 9.72. The summed E-state index contributed by atoms with van der Waals surface area (Å²) in [7, 11) is 1.54. The smallest absolute Gasteiger partial charge is 0.228 e. The molecule has 2 aromatic rings. The third kappa shape index (κ3) is 3.93.